The highest BCUT2D eigenvalue weighted by molar-refractivity contribution is 9.10. The molecule has 1 aromatic heterocycles. The van der Waals surface area contributed by atoms with Gasteiger partial charge >= 0.3 is 0 Å². The summed E-state index contributed by atoms with van der Waals surface area (Å²) in [5, 5.41) is 11.6. The second kappa shape index (κ2) is 7.21. The Morgan fingerprint density at radius 1 is 1.11 bits per heavy atom. The Hall–Kier alpha value is -1.46. The van der Waals surface area contributed by atoms with Crippen LogP contribution in [0.4, 0.5) is 5.82 Å². The van der Waals surface area contributed by atoms with E-state index < -0.39 is 0 Å². The number of benzene rings is 1. The van der Waals surface area contributed by atoms with E-state index >= 15 is 0 Å². The fourth-order valence-corrected chi connectivity index (χ4v) is 1.90. The van der Waals surface area contributed by atoms with E-state index in [2.05, 4.69) is 31.4 Å². The lowest BCUT2D eigenvalue weighted by molar-refractivity contribution is 0.197. The third kappa shape index (κ3) is 4.29. The van der Waals surface area contributed by atoms with E-state index in [4.69, 9.17) is 4.74 Å². The number of nitrogens with zero attached hydrogens (tertiary/aromatic N) is 2. The summed E-state index contributed by atoms with van der Waals surface area (Å²) in [6.07, 6.45) is 0.951. The lowest BCUT2D eigenvalue weighted by atomic mass is 10.1. The average molecular weight is 322 g/mol. The molecule has 0 fully saturated rings. The van der Waals surface area contributed by atoms with Gasteiger partial charge in [0.15, 0.2) is 0 Å². The van der Waals surface area contributed by atoms with Crippen molar-refractivity contribution in [2.24, 2.45) is 0 Å². The summed E-state index contributed by atoms with van der Waals surface area (Å²) in [7, 11) is 1.70. The minimum absolute atomic E-state index is 0.747. The van der Waals surface area contributed by atoms with Crippen LogP contribution in [0.1, 0.15) is 6.42 Å². The third-order valence-corrected chi connectivity index (χ3v) is 3.16. The predicted octanol–water partition coefficient (Wildman–Crippen LogP) is 3.35. The molecular formula is C14H16BrN3O. The van der Waals surface area contributed by atoms with Gasteiger partial charge in [0, 0.05) is 30.3 Å². The van der Waals surface area contributed by atoms with Gasteiger partial charge in [-0.3, -0.25) is 0 Å². The van der Waals surface area contributed by atoms with Gasteiger partial charge < -0.3 is 10.1 Å². The molecule has 0 saturated carbocycles. The van der Waals surface area contributed by atoms with E-state index in [1.54, 1.807) is 7.11 Å². The van der Waals surface area contributed by atoms with Crippen LogP contribution < -0.4 is 5.32 Å². The van der Waals surface area contributed by atoms with Crippen LogP contribution in [-0.4, -0.2) is 30.5 Å². The molecule has 1 aromatic carbocycles. The molecule has 0 spiro atoms. The largest absolute Gasteiger partial charge is 0.385 e. The second-order valence-corrected chi connectivity index (χ2v) is 5.00. The molecule has 1 N–H and O–H groups in total. The van der Waals surface area contributed by atoms with E-state index in [0.717, 1.165) is 41.1 Å². The van der Waals surface area contributed by atoms with Crippen LogP contribution >= 0.6 is 15.9 Å². The lowest BCUT2D eigenvalue weighted by Crippen LogP contribution is -2.06. The highest BCUT2D eigenvalue weighted by Gasteiger charge is 2.00. The van der Waals surface area contributed by atoms with Gasteiger partial charge in [-0.25, -0.2) is 0 Å². The number of halogens is 1. The van der Waals surface area contributed by atoms with E-state index in [1.807, 2.05) is 36.4 Å². The minimum Gasteiger partial charge on any atom is -0.385 e. The zero-order valence-corrected chi connectivity index (χ0v) is 12.4. The number of anilines is 1. The summed E-state index contributed by atoms with van der Waals surface area (Å²) >= 11 is 3.41. The summed E-state index contributed by atoms with van der Waals surface area (Å²) in [6.45, 7) is 1.58. The van der Waals surface area contributed by atoms with Crippen molar-refractivity contribution in [3.05, 3.63) is 40.9 Å². The van der Waals surface area contributed by atoms with Crippen molar-refractivity contribution in [1.29, 1.82) is 0 Å². The third-order valence-electron chi connectivity index (χ3n) is 2.64. The molecule has 100 valence electrons. The molecule has 2 rings (SSSR count). The summed E-state index contributed by atoms with van der Waals surface area (Å²) in [5.41, 5.74) is 1.93. The first kappa shape index (κ1) is 14.0. The van der Waals surface area contributed by atoms with Crippen molar-refractivity contribution in [1.82, 2.24) is 10.2 Å². The van der Waals surface area contributed by atoms with Crippen LogP contribution in [0.5, 0.6) is 0 Å². The molecule has 0 amide bonds. The molecule has 0 atom stereocenters. The van der Waals surface area contributed by atoms with Crippen molar-refractivity contribution < 1.29 is 4.74 Å². The number of nitrogens with one attached hydrogen (secondary N) is 1. The lowest BCUT2D eigenvalue weighted by Gasteiger charge is -2.05. The van der Waals surface area contributed by atoms with Gasteiger partial charge in [0.05, 0.1) is 5.69 Å². The van der Waals surface area contributed by atoms with Gasteiger partial charge in [-0.05, 0) is 30.7 Å². The molecule has 1 heterocycles. The quantitative estimate of drug-likeness (QED) is 0.829. The Balaban J connectivity index is 1.96. The van der Waals surface area contributed by atoms with Gasteiger partial charge in [0.1, 0.15) is 5.82 Å². The first-order valence-corrected chi connectivity index (χ1v) is 6.91. The van der Waals surface area contributed by atoms with Gasteiger partial charge in [0.25, 0.3) is 0 Å². The van der Waals surface area contributed by atoms with Crippen molar-refractivity contribution in [2.45, 2.75) is 6.42 Å². The van der Waals surface area contributed by atoms with Crippen molar-refractivity contribution in [3.8, 4) is 11.3 Å². The van der Waals surface area contributed by atoms with Crippen LogP contribution in [0.15, 0.2) is 40.9 Å². The Morgan fingerprint density at radius 3 is 2.53 bits per heavy atom. The molecule has 19 heavy (non-hydrogen) atoms. The zero-order valence-electron chi connectivity index (χ0n) is 10.8. The topological polar surface area (TPSA) is 47.0 Å². The average Bonchev–Trinajstić information content (AvgIpc) is 2.45. The van der Waals surface area contributed by atoms with Crippen LogP contribution in [0, 0.1) is 0 Å². The van der Waals surface area contributed by atoms with Gasteiger partial charge in [-0.15, -0.1) is 10.2 Å². The highest BCUT2D eigenvalue weighted by Crippen LogP contribution is 2.19. The van der Waals surface area contributed by atoms with Gasteiger partial charge in [0.2, 0.25) is 0 Å². The maximum atomic E-state index is 4.99. The first-order chi connectivity index (χ1) is 9.29. The van der Waals surface area contributed by atoms with Crippen LogP contribution in [0.3, 0.4) is 0 Å². The summed E-state index contributed by atoms with van der Waals surface area (Å²) in [6, 6.07) is 11.9. The number of ether oxygens (including phenoxy) is 1. The molecule has 0 aliphatic heterocycles. The molecule has 0 bridgehead atoms. The second-order valence-electron chi connectivity index (χ2n) is 4.08. The fraction of sp³-hybridized carbons (Fsp3) is 0.286. The molecule has 5 heteroatoms. The standard InChI is InChI=1S/C14H16BrN3O/c1-19-10-2-9-16-14-8-7-13(17-18-14)11-3-5-12(15)6-4-11/h3-8H,2,9-10H2,1H3,(H,16,18). The maximum Gasteiger partial charge on any atom is 0.148 e. The summed E-state index contributed by atoms with van der Waals surface area (Å²) < 4.78 is 6.04. The van der Waals surface area contributed by atoms with Crippen molar-refractivity contribution in [2.75, 3.05) is 25.6 Å². The zero-order chi connectivity index (χ0) is 13.5. The van der Waals surface area contributed by atoms with E-state index in [-0.39, 0.29) is 0 Å². The molecule has 0 aliphatic carbocycles. The van der Waals surface area contributed by atoms with Crippen molar-refractivity contribution >= 4 is 21.7 Å². The molecule has 0 unspecified atom stereocenters. The van der Waals surface area contributed by atoms with Crippen molar-refractivity contribution in [3.63, 3.8) is 0 Å². The summed E-state index contributed by atoms with van der Waals surface area (Å²) in [5.74, 6) is 0.789. The number of hydrogen-bond acceptors (Lipinski definition) is 4. The number of aromatic nitrogens is 2. The first-order valence-electron chi connectivity index (χ1n) is 6.12. The monoisotopic (exact) mass is 321 g/mol. The minimum atomic E-state index is 0.747. The Morgan fingerprint density at radius 2 is 1.89 bits per heavy atom. The molecule has 4 nitrogen and oxygen atoms in total. The molecule has 0 saturated heterocycles. The molecule has 2 aromatic rings. The number of hydrogen-bond donors (Lipinski definition) is 1. The fourth-order valence-electron chi connectivity index (χ4n) is 1.63. The van der Waals surface area contributed by atoms with E-state index in [0.29, 0.717) is 0 Å². The number of methoxy groups -OCH3 is 1. The highest BCUT2D eigenvalue weighted by atomic mass is 79.9. The SMILES string of the molecule is COCCCNc1ccc(-c2ccc(Br)cc2)nn1. The normalized spacial score (nSPS) is 10.4. The molecule has 0 aliphatic rings. The Bertz CT molecular complexity index is 499. The van der Waals surface area contributed by atoms with E-state index in [9.17, 15) is 0 Å². The number of rotatable bonds is 6. The predicted molar refractivity (Wildman–Crippen MR) is 80.2 cm³/mol. The van der Waals surface area contributed by atoms with Gasteiger partial charge in [-0.2, -0.15) is 0 Å². The molecular weight excluding hydrogens is 306 g/mol. The maximum absolute atomic E-state index is 4.99. The summed E-state index contributed by atoms with van der Waals surface area (Å²) in [4.78, 5) is 0. The van der Waals surface area contributed by atoms with Crippen LogP contribution in [0.2, 0.25) is 0 Å². The molecule has 0 radical (unpaired) electrons. The van der Waals surface area contributed by atoms with Crippen LogP contribution in [0.25, 0.3) is 11.3 Å². The smallest absolute Gasteiger partial charge is 0.148 e. The Kier molecular flexibility index (Phi) is 5.30. The van der Waals surface area contributed by atoms with Crippen LogP contribution in [-0.2, 0) is 4.74 Å². The van der Waals surface area contributed by atoms with Gasteiger partial charge in [-0.1, -0.05) is 28.1 Å². The van der Waals surface area contributed by atoms with E-state index in [1.165, 1.54) is 0 Å². The Labute approximate surface area is 121 Å².